The predicted molar refractivity (Wildman–Crippen MR) is 214 cm³/mol. The summed E-state index contributed by atoms with van der Waals surface area (Å²) >= 11 is 0. The number of allylic oxidation sites excluding steroid dienone is 16. The molecule has 0 saturated carbocycles. The normalized spacial score (nSPS) is 13.4. The quantitative estimate of drug-likeness (QED) is 0.0412. The Balaban J connectivity index is 3.56. The van der Waals surface area contributed by atoms with Crippen LogP contribution in [0.2, 0.25) is 0 Å². The highest BCUT2D eigenvalue weighted by Crippen LogP contribution is 2.11. The van der Waals surface area contributed by atoms with Gasteiger partial charge in [0.25, 0.3) is 0 Å². The third kappa shape index (κ3) is 39.6. The first-order valence-electron chi connectivity index (χ1n) is 19.8. The molecule has 1 atom stereocenters. The molecule has 0 heterocycles. The molecule has 1 unspecified atom stereocenters. The summed E-state index contributed by atoms with van der Waals surface area (Å²) in [7, 11) is 0. The van der Waals surface area contributed by atoms with Crippen LogP contribution in [0.1, 0.15) is 155 Å². The summed E-state index contributed by atoms with van der Waals surface area (Å²) in [6, 6.07) is 0. The molecule has 0 rings (SSSR count). The molecule has 49 heavy (non-hydrogen) atoms. The van der Waals surface area contributed by atoms with E-state index < -0.39 is 6.10 Å². The molecule has 1 N–H and O–H groups in total. The van der Waals surface area contributed by atoms with Crippen molar-refractivity contribution in [3.05, 3.63) is 97.2 Å². The molecule has 0 aliphatic heterocycles. The van der Waals surface area contributed by atoms with Crippen LogP contribution in [-0.4, -0.2) is 37.0 Å². The van der Waals surface area contributed by atoms with Crippen LogP contribution in [0.15, 0.2) is 97.2 Å². The molecule has 0 aromatic rings. The average molecular weight is 679 g/mol. The van der Waals surface area contributed by atoms with Crippen molar-refractivity contribution in [2.45, 2.75) is 161 Å². The van der Waals surface area contributed by atoms with Gasteiger partial charge in [-0.3, -0.25) is 4.79 Å². The number of hydrogen-bond donors (Lipinski definition) is 1. The number of carbonyl (C=O) groups excluding carboxylic acids is 1. The van der Waals surface area contributed by atoms with E-state index in [1.54, 1.807) is 0 Å². The zero-order chi connectivity index (χ0) is 35.6. The Morgan fingerprint density at radius 1 is 0.490 bits per heavy atom. The van der Waals surface area contributed by atoms with E-state index in [9.17, 15) is 9.90 Å². The summed E-state index contributed by atoms with van der Waals surface area (Å²) < 4.78 is 11.1. The Bertz CT molecular complexity index is 934. The number of esters is 1. The first kappa shape index (κ1) is 46.3. The van der Waals surface area contributed by atoms with E-state index in [4.69, 9.17) is 9.47 Å². The Hall–Kier alpha value is -2.69. The van der Waals surface area contributed by atoms with Crippen molar-refractivity contribution < 1.29 is 19.4 Å². The Kier molecular flexibility index (Phi) is 39.2. The summed E-state index contributed by atoms with van der Waals surface area (Å²) in [6.07, 6.45) is 58.8. The standard InChI is InChI=1S/C45H74O4/c1-3-5-7-9-11-13-15-17-19-21-23-24-26-28-30-32-34-36-38-40-45(47)49-44(42-46)43-48-41-39-37-35-33-31-29-27-25-22-20-18-16-14-12-10-8-6-4-2/h5-8,11-14,17-20,23-25,27,44,46H,3-4,9-10,15-16,21-22,26,28-43H2,1-2H3/b7-5-,8-6-,13-11-,14-12-,19-17-,20-18-,24-23-,27-25-. The lowest BCUT2D eigenvalue weighted by Gasteiger charge is -2.15. The second kappa shape index (κ2) is 41.5. The molecule has 4 nitrogen and oxygen atoms in total. The molecule has 0 aromatic carbocycles. The van der Waals surface area contributed by atoms with Gasteiger partial charge in [-0.2, -0.15) is 0 Å². The summed E-state index contributed by atoms with van der Waals surface area (Å²) in [5.41, 5.74) is 0. The van der Waals surface area contributed by atoms with Gasteiger partial charge >= 0.3 is 5.97 Å². The van der Waals surface area contributed by atoms with E-state index in [0.29, 0.717) is 13.0 Å². The number of carbonyl (C=O) groups is 1. The van der Waals surface area contributed by atoms with Gasteiger partial charge in [0.05, 0.1) is 13.2 Å². The summed E-state index contributed by atoms with van der Waals surface area (Å²) in [5, 5.41) is 9.58. The number of aliphatic hydroxyl groups is 1. The Labute approximate surface area is 302 Å². The second-order valence-electron chi connectivity index (χ2n) is 12.6. The molecule has 0 fully saturated rings. The van der Waals surface area contributed by atoms with Crippen LogP contribution in [0.5, 0.6) is 0 Å². The van der Waals surface area contributed by atoms with Crippen LogP contribution < -0.4 is 0 Å². The Morgan fingerprint density at radius 3 is 1.29 bits per heavy atom. The highest BCUT2D eigenvalue weighted by Gasteiger charge is 2.13. The maximum absolute atomic E-state index is 12.2. The van der Waals surface area contributed by atoms with Gasteiger partial charge in [-0.1, -0.05) is 156 Å². The minimum Gasteiger partial charge on any atom is -0.457 e. The minimum absolute atomic E-state index is 0.192. The number of hydrogen-bond acceptors (Lipinski definition) is 4. The summed E-state index contributed by atoms with van der Waals surface area (Å²) in [4.78, 5) is 12.2. The van der Waals surface area contributed by atoms with Crippen molar-refractivity contribution in [1.29, 1.82) is 0 Å². The maximum Gasteiger partial charge on any atom is 0.306 e. The van der Waals surface area contributed by atoms with E-state index in [1.165, 1.54) is 38.5 Å². The number of unbranched alkanes of at least 4 members (excludes halogenated alkanes) is 11. The van der Waals surface area contributed by atoms with Gasteiger partial charge < -0.3 is 14.6 Å². The van der Waals surface area contributed by atoms with Crippen molar-refractivity contribution in [2.24, 2.45) is 0 Å². The van der Waals surface area contributed by atoms with Crippen molar-refractivity contribution >= 4 is 5.97 Å². The van der Waals surface area contributed by atoms with Gasteiger partial charge in [0.2, 0.25) is 0 Å². The fourth-order valence-electron chi connectivity index (χ4n) is 5.01. The topological polar surface area (TPSA) is 55.8 Å². The molecule has 0 aliphatic carbocycles. The summed E-state index contributed by atoms with van der Waals surface area (Å²) in [5.74, 6) is -0.227. The maximum atomic E-state index is 12.2. The zero-order valence-electron chi connectivity index (χ0n) is 31.7. The number of aliphatic hydroxyl groups excluding tert-OH is 1. The predicted octanol–water partition coefficient (Wildman–Crippen LogP) is 13.0. The number of ether oxygens (including phenoxy) is 2. The number of rotatable bonds is 35. The lowest BCUT2D eigenvalue weighted by molar-refractivity contribution is -0.154. The molecular formula is C45H74O4. The second-order valence-corrected chi connectivity index (χ2v) is 12.6. The van der Waals surface area contributed by atoms with Crippen LogP contribution >= 0.6 is 0 Å². The van der Waals surface area contributed by atoms with Gasteiger partial charge in [0, 0.05) is 13.0 Å². The monoisotopic (exact) mass is 679 g/mol. The third-order valence-electron chi connectivity index (χ3n) is 7.90. The van der Waals surface area contributed by atoms with Crippen molar-refractivity contribution in [3.63, 3.8) is 0 Å². The van der Waals surface area contributed by atoms with Crippen molar-refractivity contribution in [1.82, 2.24) is 0 Å². The lowest BCUT2D eigenvalue weighted by atomic mass is 10.1. The smallest absolute Gasteiger partial charge is 0.306 e. The molecule has 4 heteroatoms. The molecule has 0 bridgehead atoms. The van der Waals surface area contributed by atoms with Crippen molar-refractivity contribution in [2.75, 3.05) is 19.8 Å². The lowest BCUT2D eigenvalue weighted by Crippen LogP contribution is -2.27. The SMILES string of the molecule is CC/C=C\C/C=C\C/C=C\C/C=C\CCCCCCCCC(=O)OC(CO)COCCCCCCC/C=C\C/C=C\C/C=C\C/C=C\CC. The molecule has 0 saturated heterocycles. The van der Waals surface area contributed by atoms with Crippen LogP contribution in [0.3, 0.4) is 0 Å². The van der Waals surface area contributed by atoms with Crippen LogP contribution in [-0.2, 0) is 14.3 Å². The van der Waals surface area contributed by atoms with Crippen LogP contribution in [0.25, 0.3) is 0 Å². The first-order valence-corrected chi connectivity index (χ1v) is 19.8. The Morgan fingerprint density at radius 2 is 0.857 bits per heavy atom. The molecule has 0 aromatic heterocycles. The van der Waals surface area contributed by atoms with Gasteiger partial charge in [0.1, 0.15) is 6.10 Å². The first-order chi connectivity index (χ1) is 24.2. The van der Waals surface area contributed by atoms with E-state index in [1.807, 2.05) is 0 Å². The zero-order valence-corrected chi connectivity index (χ0v) is 31.7. The fraction of sp³-hybridized carbons (Fsp3) is 0.622. The van der Waals surface area contributed by atoms with E-state index in [2.05, 4.69) is 111 Å². The van der Waals surface area contributed by atoms with Crippen LogP contribution in [0.4, 0.5) is 0 Å². The molecule has 0 radical (unpaired) electrons. The molecular weight excluding hydrogens is 604 g/mol. The van der Waals surface area contributed by atoms with Gasteiger partial charge in [-0.15, -0.1) is 0 Å². The highest BCUT2D eigenvalue weighted by molar-refractivity contribution is 5.69. The largest absolute Gasteiger partial charge is 0.457 e. The minimum atomic E-state index is -0.558. The molecule has 278 valence electrons. The van der Waals surface area contributed by atoms with E-state index in [0.717, 1.165) is 96.3 Å². The third-order valence-corrected chi connectivity index (χ3v) is 7.90. The van der Waals surface area contributed by atoms with Gasteiger partial charge in [-0.25, -0.2) is 0 Å². The molecule has 0 amide bonds. The van der Waals surface area contributed by atoms with Crippen molar-refractivity contribution in [3.8, 4) is 0 Å². The average Bonchev–Trinajstić information content (AvgIpc) is 3.11. The van der Waals surface area contributed by atoms with E-state index in [-0.39, 0.29) is 19.2 Å². The fourth-order valence-corrected chi connectivity index (χ4v) is 5.01. The summed E-state index contributed by atoms with van der Waals surface area (Å²) in [6.45, 7) is 5.04. The van der Waals surface area contributed by atoms with Crippen LogP contribution in [0, 0.1) is 0 Å². The highest BCUT2D eigenvalue weighted by atomic mass is 16.6. The van der Waals surface area contributed by atoms with Gasteiger partial charge in [0.15, 0.2) is 0 Å². The van der Waals surface area contributed by atoms with Gasteiger partial charge in [-0.05, 0) is 89.9 Å². The van der Waals surface area contributed by atoms with E-state index >= 15 is 0 Å². The molecule has 0 aliphatic rings. The molecule has 0 spiro atoms.